The first kappa shape index (κ1) is 16.4. The minimum atomic E-state index is -0.577. The van der Waals surface area contributed by atoms with E-state index < -0.39 is 5.54 Å². The second-order valence-electron chi connectivity index (χ2n) is 5.70. The number of hydrogen-bond acceptors (Lipinski definition) is 4. The molecule has 2 unspecified atom stereocenters. The van der Waals surface area contributed by atoms with Crippen LogP contribution >= 0.6 is 0 Å². The summed E-state index contributed by atoms with van der Waals surface area (Å²) in [4.78, 5) is 14.7. The van der Waals surface area contributed by atoms with Crippen LogP contribution in [0.25, 0.3) is 0 Å². The van der Waals surface area contributed by atoms with E-state index in [9.17, 15) is 4.79 Å². The smallest absolute Gasteiger partial charge is 0.326 e. The molecule has 19 heavy (non-hydrogen) atoms. The summed E-state index contributed by atoms with van der Waals surface area (Å²) in [6, 6.07) is 1.12. The van der Waals surface area contributed by atoms with Crippen molar-refractivity contribution in [2.24, 2.45) is 0 Å². The Balaban J connectivity index is 2.67. The molecule has 1 saturated carbocycles. The van der Waals surface area contributed by atoms with Crippen molar-refractivity contribution in [1.82, 2.24) is 10.2 Å². The molecule has 2 atom stereocenters. The van der Waals surface area contributed by atoms with Crippen LogP contribution in [0.2, 0.25) is 0 Å². The van der Waals surface area contributed by atoms with Gasteiger partial charge in [0.05, 0.1) is 6.61 Å². The lowest BCUT2D eigenvalue weighted by Gasteiger charge is -2.35. The van der Waals surface area contributed by atoms with Crippen molar-refractivity contribution < 1.29 is 9.53 Å². The van der Waals surface area contributed by atoms with Crippen molar-refractivity contribution in [3.8, 4) is 0 Å². The highest BCUT2D eigenvalue weighted by Gasteiger charge is 2.39. The first-order valence-electron chi connectivity index (χ1n) is 7.66. The van der Waals surface area contributed by atoms with E-state index in [1.165, 1.54) is 12.8 Å². The number of nitrogens with zero attached hydrogens (tertiary/aromatic N) is 1. The van der Waals surface area contributed by atoms with Gasteiger partial charge in [0, 0.05) is 12.1 Å². The molecule has 1 aliphatic rings. The van der Waals surface area contributed by atoms with Crippen LogP contribution in [0.5, 0.6) is 0 Å². The van der Waals surface area contributed by atoms with Crippen LogP contribution in [0, 0.1) is 0 Å². The zero-order valence-electron chi connectivity index (χ0n) is 13.2. The molecule has 0 bridgehead atoms. The molecule has 0 amide bonds. The second-order valence-corrected chi connectivity index (χ2v) is 5.70. The quantitative estimate of drug-likeness (QED) is 0.652. The van der Waals surface area contributed by atoms with E-state index in [1.807, 2.05) is 20.8 Å². The van der Waals surface area contributed by atoms with Crippen LogP contribution in [0.1, 0.15) is 53.9 Å². The van der Waals surface area contributed by atoms with Gasteiger partial charge in [0.1, 0.15) is 5.54 Å². The predicted octanol–water partition coefficient (Wildman–Crippen LogP) is 2.18. The summed E-state index contributed by atoms with van der Waals surface area (Å²) in [7, 11) is 0. The molecule has 0 saturated heterocycles. The van der Waals surface area contributed by atoms with Crippen LogP contribution in [0.4, 0.5) is 0 Å². The van der Waals surface area contributed by atoms with E-state index in [4.69, 9.17) is 4.74 Å². The fourth-order valence-corrected chi connectivity index (χ4v) is 2.95. The van der Waals surface area contributed by atoms with Crippen molar-refractivity contribution in [1.29, 1.82) is 0 Å². The van der Waals surface area contributed by atoms with Gasteiger partial charge >= 0.3 is 5.97 Å². The Hall–Kier alpha value is -0.610. The maximum absolute atomic E-state index is 12.2. The van der Waals surface area contributed by atoms with Crippen LogP contribution in [0.15, 0.2) is 0 Å². The van der Waals surface area contributed by atoms with Gasteiger partial charge in [-0.2, -0.15) is 0 Å². The molecule has 4 heteroatoms. The highest BCUT2D eigenvalue weighted by atomic mass is 16.5. The zero-order chi connectivity index (χ0) is 14.5. The standard InChI is InChI=1S/C15H30N2O2/c1-6-16-15(5,14(18)19-8-3)11-12(4)17(7-2)13-9-10-13/h12-13,16H,6-11H2,1-5H3. The third-order valence-corrected chi connectivity index (χ3v) is 3.94. The van der Waals surface area contributed by atoms with Gasteiger partial charge in [0.25, 0.3) is 0 Å². The van der Waals surface area contributed by atoms with E-state index >= 15 is 0 Å². The third kappa shape index (κ3) is 4.46. The summed E-state index contributed by atoms with van der Waals surface area (Å²) < 4.78 is 5.23. The van der Waals surface area contributed by atoms with E-state index in [0.717, 1.165) is 25.6 Å². The number of likely N-dealkylation sites (N-methyl/N-ethyl adjacent to an activating group) is 1. The Labute approximate surface area is 117 Å². The molecule has 112 valence electrons. The van der Waals surface area contributed by atoms with Crippen molar-refractivity contribution in [2.45, 2.75) is 71.5 Å². The number of carbonyl (C=O) groups excluding carboxylic acids is 1. The molecule has 1 fully saturated rings. The van der Waals surface area contributed by atoms with E-state index in [1.54, 1.807) is 0 Å². The molecule has 4 nitrogen and oxygen atoms in total. The van der Waals surface area contributed by atoms with E-state index in [0.29, 0.717) is 12.6 Å². The first-order chi connectivity index (χ1) is 8.98. The number of esters is 1. The molecule has 1 rings (SSSR count). The van der Waals surface area contributed by atoms with Gasteiger partial charge in [0.2, 0.25) is 0 Å². The molecular formula is C15H30N2O2. The molecule has 0 aliphatic heterocycles. The highest BCUT2D eigenvalue weighted by molar-refractivity contribution is 5.80. The second kappa shape index (κ2) is 7.25. The van der Waals surface area contributed by atoms with E-state index in [2.05, 4.69) is 24.1 Å². The number of carbonyl (C=O) groups is 1. The van der Waals surface area contributed by atoms with Gasteiger partial charge in [-0.15, -0.1) is 0 Å². The lowest BCUT2D eigenvalue weighted by atomic mass is 9.92. The number of hydrogen-bond donors (Lipinski definition) is 1. The molecule has 1 aliphatic carbocycles. The van der Waals surface area contributed by atoms with Crippen LogP contribution in [-0.2, 0) is 9.53 Å². The molecule has 0 radical (unpaired) electrons. The normalized spacial score (nSPS) is 20.1. The SMILES string of the molecule is CCNC(C)(CC(C)N(CC)C1CC1)C(=O)OCC. The number of nitrogens with one attached hydrogen (secondary N) is 1. The average molecular weight is 270 g/mol. The Morgan fingerprint density at radius 3 is 2.47 bits per heavy atom. The van der Waals surface area contributed by atoms with Gasteiger partial charge in [-0.25, -0.2) is 0 Å². The Morgan fingerprint density at radius 2 is 2.05 bits per heavy atom. The molecule has 0 spiro atoms. The molecule has 0 aromatic heterocycles. The minimum absolute atomic E-state index is 0.129. The summed E-state index contributed by atoms with van der Waals surface area (Å²) in [6.07, 6.45) is 3.40. The fraction of sp³-hybridized carbons (Fsp3) is 0.933. The fourth-order valence-electron chi connectivity index (χ4n) is 2.95. The average Bonchev–Trinajstić information content (AvgIpc) is 3.15. The summed E-state index contributed by atoms with van der Waals surface area (Å²) in [5.74, 6) is -0.129. The van der Waals surface area contributed by atoms with Crippen LogP contribution in [-0.4, -0.2) is 48.2 Å². The van der Waals surface area contributed by atoms with E-state index in [-0.39, 0.29) is 5.97 Å². The van der Waals surface area contributed by atoms with Crippen molar-refractivity contribution in [2.75, 3.05) is 19.7 Å². The van der Waals surface area contributed by atoms with Crippen molar-refractivity contribution in [3.63, 3.8) is 0 Å². The summed E-state index contributed by atoms with van der Waals surface area (Å²) >= 11 is 0. The van der Waals surface area contributed by atoms with Gasteiger partial charge in [-0.3, -0.25) is 9.69 Å². The van der Waals surface area contributed by atoms with Crippen LogP contribution in [0.3, 0.4) is 0 Å². The lowest BCUT2D eigenvalue weighted by Crippen LogP contribution is -2.54. The maximum atomic E-state index is 12.2. The molecule has 0 heterocycles. The largest absolute Gasteiger partial charge is 0.465 e. The molecular weight excluding hydrogens is 240 g/mol. The Kier molecular flexibility index (Phi) is 6.27. The number of ether oxygens (including phenoxy) is 1. The Morgan fingerprint density at radius 1 is 1.42 bits per heavy atom. The topological polar surface area (TPSA) is 41.6 Å². The first-order valence-corrected chi connectivity index (χ1v) is 7.66. The molecule has 1 N–H and O–H groups in total. The summed E-state index contributed by atoms with van der Waals surface area (Å²) in [5, 5.41) is 3.31. The lowest BCUT2D eigenvalue weighted by molar-refractivity contribution is -0.151. The predicted molar refractivity (Wildman–Crippen MR) is 78.2 cm³/mol. The van der Waals surface area contributed by atoms with Crippen LogP contribution < -0.4 is 5.32 Å². The monoisotopic (exact) mass is 270 g/mol. The third-order valence-electron chi connectivity index (χ3n) is 3.94. The number of rotatable bonds is 9. The summed E-state index contributed by atoms with van der Waals surface area (Å²) in [6.45, 7) is 12.5. The molecule has 0 aromatic carbocycles. The summed E-state index contributed by atoms with van der Waals surface area (Å²) in [5.41, 5.74) is -0.577. The van der Waals surface area contributed by atoms with Gasteiger partial charge < -0.3 is 10.1 Å². The van der Waals surface area contributed by atoms with Gasteiger partial charge in [0.15, 0.2) is 0 Å². The van der Waals surface area contributed by atoms with Crippen molar-refractivity contribution in [3.05, 3.63) is 0 Å². The van der Waals surface area contributed by atoms with Gasteiger partial charge in [-0.1, -0.05) is 13.8 Å². The zero-order valence-corrected chi connectivity index (χ0v) is 13.2. The highest BCUT2D eigenvalue weighted by Crippen LogP contribution is 2.30. The van der Waals surface area contributed by atoms with Crippen molar-refractivity contribution >= 4 is 5.97 Å². The van der Waals surface area contributed by atoms with Gasteiger partial charge in [-0.05, 0) is 53.1 Å². The minimum Gasteiger partial charge on any atom is -0.465 e. The maximum Gasteiger partial charge on any atom is 0.326 e. The Bertz CT molecular complexity index is 292. The molecule has 0 aromatic rings.